The van der Waals surface area contributed by atoms with E-state index >= 15 is 0 Å². The largest absolute Gasteiger partial charge is 0.385 e. The van der Waals surface area contributed by atoms with Crippen molar-refractivity contribution < 1.29 is 9.47 Å². The average Bonchev–Trinajstić information content (AvgIpc) is 3.10. The fourth-order valence-corrected chi connectivity index (χ4v) is 4.50. The van der Waals surface area contributed by atoms with Gasteiger partial charge in [-0.25, -0.2) is 0 Å². The van der Waals surface area contributed by atoms with Gasteiger partial charge in [0, 0.05) is 53.0 Å². The van der Waals surface area contributed by atoms with Crippen LogP contribution in [0.25, 0.3) is 0 Å². The number of aliphatic imine (C=N–C) groups is 1. The first-order valence-corrected chi connectivity index (χ1v) is 11.0. The van der Waals surface area contributed by atoms with Crippen LogP contribution in [0.2, 0.25) is 0 Å². The van der Waals surface area contributed by atoms with Gasteiger partial charge in [-0.3, -0.25) is 9.89 Å². The van der Waals surface area contributed by atoms with Crippen LogP contribution in [-0.4, -0.2) is 76.1 Å². The summed E-state index contributed by atoms with van der Waals surface area (Å²) in [5.74, 6) is 0.963. The minimum Gasteiger partial charge on any atom is -0.385 e. The predicted molar refractivity (Wildman–Crippen MR) is 112 cm³/mol. The van der Waals surface area contributed by atoms with Crippen molar-refractivity contribution in [3.8, 4) is 0 Å². The average molecular weight is 383 g/mol. The van der Waals surface area contributed by atoms with Gasteiger partial charge in [-0.2, -0.15) is 0 Å². The highest BCUT2D eigenvalue weighted by Gasteiger charge is 2.33. The molecule has 158 valence electrons. The zero-order chi connectivity index (χ0) is 19.5. The number of methoxy groups -OCH3 is 1. The van der Waals surface area contributed by atoms with Gasteiger partial charge in [0.2, 0.25) is 0 Å². The molecule has 2 fully saturated rings. The summed E-state index contributed by atoms with van der Waals surface area (Å²) < 4.78 is 11.2. The Hall–Kier alpha value is -0.850. The molecule has 2 unspecified atom stereocenters. The van der Waals surface area contributed by atoms with Crippen molar-refractivity contribution in [1.29, 1.82) is 0 Å². The van der Waals surface area contributed by atoms with E-state index < -0.39 is 0 Å². The monoisotopic (exact) mass is 382 g/mol. The number of rotatable bonds is 10. The van der Waals surface area contributed by atoms with Crippen LogP contribution < -0.4 is 10.6 Å². The summed E-state index contributed by atoms with van der Waals surface area (Å²) in [5, 5.41) is 6.94. The molecule has 0 aromatic rings. The molecule has 1 aliphatic heterocycles. The minimum absolute atomic E-state index is 0.343. The molecule has 2 N–H and O–H groups in total. The topological polar surface area (TPSA) is 58.1 Å². The molecule has 0 radical (unpaired) electrons. The van der Waals surface area contributed by atoms with E-state index in [0.29, 0.717) is 17.6 Å². The summed E-state index contributed by atoms with van der Waals surface area (Å²) in [5.41, 5.74) is 0.346. The normalized spacial score (nSPS) is 26.3. The van der Waals surface area contributed by atoms with Crippen LogP contribution in [0.1, 0.15) is 59.3 Å². The van der Waals surface area contributed by atoms with E-state index in [4.69, 9.17) is 14.5 Å². The number of hydrogen-bond acceptors (Lipinski definition) is 4. The third-order valence-corrected chi connectivity index (χ3v) is 5.86. The molecule has 1 saturated carbocycles. The molecule has 2 atom stereocenters. The first-order chi connectivity index (χ1) is 13.1. The minimum atomic E-state index is 0.343. The van der Waals surface area contributed by atoms with Crippen molar-refractivity contribution in [1.82, 2.24) is 15.5 Å². The number of morpholine rings is 1. The van der Waals surface area contributed by atoms with Gasteiger partial charge in [-0.15, -0.1) is 0 Å². The molecule has 0 spiro atoms. The molecule has 2 aliphatic rings. The van der Waals surface area contributed by atoms with E-state index in [-0.39, 0.29) is 0 Å². The number of nitrogens with zero attached hydrogens (tertiary/aromatic N) is 2. The summed E-state index contributed by atoms with van der Waals surface area (Å²) >= 11 is 0. The van der Waals surface area contributed by atoms with Gasteiger partial charge in [-0.1, -0.05) is 12.8 Å². The SMILES string of the molecule is CCNC(=NCC1(CCOC)CCCC1)NCCCN1CC(C)OC(C)C1. The molecule has 0 amide bonds. The van der Waals surface area contributed by atoms with Gasteiger partial charge < -0.3 is 20.1 Å². The van der Waals surface area contributed by atoms with Gasteiger partial charge in [0.05, 0.1) is 12.2 Å². The van der Waals surface area contributed by atoms with Crippen LogP contribution in [-0.2, 0) is 9.47 Å². The summed E-state index contributed by atoms with van der Waals surface area (Å²) in [4.78, 5) is 7.45. The lowest BCUT2D eigenvalue weighted by molar-refractivity contribution is -0.0679. The smallest absolute Gasteiger partial charge is 0.191 e. The first-order valence-electron chi connectivity index (χ1n) is 11.0. The summed E-state index contributed by atoms with van der Waals surface area (Å²) in [6.45, 7) is 13.3. The molecular formula is C21H42N4O2. The van der Waals surface area contributed by atoms with Crippen LogP contribution in [0.15, 0.2) is 4.99 Å². The van der Waals surface area contributed by atoms with E-state index in [2.05, 4.69) is 36.3 Å². The quantitative estimate of drug-likeness (QED) is 0.346. The second kappa shape index (κ2) is 11.9. The van der Waals surface area contributed by atoms with Crippen molar-refractivity contribution in [3.63, 3.8) is 0 Å². The third-order valence-electron chi connectivity index (χ3n) is 5.86. The predicted octanol–water partition coefficient (Wildman–Crippen LogP) is 2.64. The maximum absolute atomic E-state index is 5.82. The van der Waals surface area contributed by atoms with E-state index in [1.807, 2.05) is 0 Å². The molecule has 0 aromatic carbocycles. The van der Waals surface area contributed by atoms with Crippen LogP contribution in [0.4, 0.5) is 0 Å². The molecule has 0 aromatic heterocycles. The summed E-state index contributed by atoms with van der Waals surface area (Å²) in [6.07, 6.45) is 8.17. The second-order valence-corrected chi connectivity index (χ2v) is 8.44. The lowest BCUT2D eigenvalue weighted by atomic mass is 9.83. The van der Waals surface area contributed by atoms with Crippen molar-refractivity contribution >= 4 is 5.96 Å². The Morgan fingerprint density at radius 3 is 2.52 bits per heavy atom. The van der Waals surface area contributed by atoms with Gasteiger partial charge in [0.15, 0.2) is 5.96 Å². The molecule has 1 saturated heterocycles. The highest BCUT2D eigenvalue weighted by atomic mass is 16.5. The van der Waals surface area contributed by atoms with Gasteiger partial charge in [0.25, 0.3) is 0 Å². The fourth-order valence-electron chi connectivity index (χ4n) is 4.50. The van der Waals surface area contributed by atoms with E-state index in [1.165, 1.54) is 25.7 Å². The Bertz CT molecular complexity index is 428. The van der Waals surface area contributed by atoms with Crippen molar-refractivity contribution in [2.45, 2.75) is 71.5 Å². The third kappa shape index (κ3) is 7.96. The maximum Gasteiger partial charge on any atom is 0.191 e. The Balaban J connectivity index is 1.75. The highest BCUT2D eigenvalue weighted by Crippen LogP contribution is 2.41. The number of ether oxygens (including phenoxy) is 2. The van der Waals surface area contributed by atoms with Crippen LogP contribution in [0.3, 0.4) is 0 Å². The summed E-state index contributed by atoms with van der Waals surface area (Å²) in [7, 11) is 1.80. The molecule has 1 aliphatic carbocycles. The molecule has 1 heterocycles. The number of hydrogen-bond donors (Lipinski definition) is 2. The molecule has 0 bridgehead atoms. The highest BCUT2D eigenvalue weighted by molar-refractivity contribution is 5.79. The van der Waals surface area contributed by atoms with Crippen molar-refractivity contribution in [2.75, 3.05) is 53.0 Å². The molecule has 27 heavy (non-hydrogen) atoms. The Kier molecular flexibility index (Phi) is 9.87. The zero-order valence-corrected chi connectivity index (χ0v) is 18.1. The zero-order valence-electron chi connectivity index (χ0n) is 18.1. The number of guanidine groups is 1. The van der Waals surface area contributed by atoms with Gasteiger partial charge in [0.1, 0.15) is 0 Å². The molecular weight excluding hydrogens is 340 g/mol. The lowest BCUT2D eigenvalue weighted by Gasteiger charge is -2.35. The second-order valence-electron chi connectivity index (χ2n) is 8.44. The van der Waals surface area contributed by atoms with E-state index in [0.717, 1.165) is 64.7 Å². The number of nitrogens with one attached hydrogen (secondary N) is 2. The van der Waals surface area contributed by atoms with Crippen LogP contribution in [0.5, 0.6) is 0 Å². The Morgan fingerprint density at radius 1 is 1.19 bits per heavy atom. The molecule has 6 nitrogen and oxygen atoms in total. The van der Waals surface area contributed by atoms with Crippen LogP contribution in [0, 0.1) is 5.41 Å². The van der Waals surface area contributed by atoms with E-state index in [1.54, 1.807) is 7.11 Å². The van der Waals surface area contributed by atoms with E-state index in [9.17, 15) is 0 Å². The van der Waals surface area contributed by atoms with Crippen LogP contribution >= 0.6 is 0 Å². The Labute approximate surface area is 166 Å². The molecule has 6 heteroatoms. The molecule has 2 rings (SSSR count). The fraction of sp³-hybridized carbons (Fsp3) is 0.952. The standard InChI is InChI=1S/C21H42N4O2/c1-5-22-20(24-17-21(11-14-26-4)9-6-7-10-21)23-12-8-13-25-15-18(2)27-19(3)16-25/h18-19H,5-17H2,1-4H3,(H2,22,23,24). The Morgan fingerprint density at radius 2 is 1.89 bits per heavy atom. The van der Waals surface area contributed by atoms with Crippen molar-refractivity contribution in [2.24, 2.45) is 10.4 Å². The lowest BCUT2D eigenvalue weighted by Crippen LogP contribution is -2.46. The maximum atomic E-state index is 5.82. The van der Waals surface area contributed by atoms with Gasteiger partial charge >= 0.3 is 0 Å². The van der Waals surface area contributed by atoms with Crippen molar-refractivity contribution in [3.05, 3.63) is 0 Å². The summed E-state index contributed by atoms with van der Waals surface area (Å²) in [6, 6.07) is 0. The van der Waals surface area contributed by atoms with Gasteiger partial charge in [-0.05, 0) is 51.9 Å². The first kappa shape index (κ1) is 22.4.